The predicted octanol–water partition coefficient (Wildman–Crippen LogP) is 5.56. The van der Waals surface area contributed by atoms with Gasteiger partial charge in [-0.15, -0.1) is 0 Å². The molecule has 2 aromatic carbocycles. The molecule has 0 saturated heterocycles. The second kappa shape index (κ2) is 8.93. The van der Waals surface area contributed by atoms with E-state index in [0.29, 0.717) is 27.5 Å². The number of amides is 1. The third-order valence-electron chi connectivity index (χ3n) is 4.93. The molecule has 0 unspecified atom stereocenters. The van der Waals surface area contributed by atoms with Crippen LogP contribution < -0.4 is 15.6 Å². The van der Waals surface area contributed by atoms with Crippen LogP contribution in [0, 0.1) is 0 Å². The van der Waals surface area contributed by atoms with Crippen LogP contribution in [0.25, 0.3) is 32.9 Å². The third-order valence-corrected chi connectivity index (χ3v) is 4.93. The number of H-pyrrole nitrogens is 2. The highest BCUT2D eigenvalue weighted by atomic mass is 16.7. The van der Waals surface area contributed by atoms with Crippen LogP contribution in [0.2, 0.25) is 0 Å². The SMILES string of the molecule is CCOC(=O)Oc1c[nH]c2c(=O)[nH]c3ccc(-c4ccc(NC(=O)OC(C)(C)C)cc4)cc3c12. The van der Waals surface area contributed by atoms with Crippen LogP contribution in [0.15, 0.2) is 53.5 Å². The fourth-order valence-electron chi connectivity index (χ4n) is 3.56. The molecular formula is C25H25N3O6. The molecule has 0 bridgehead atoms. The topological polar surface area (TPSA) is 123 Å². The van der Waals surface area contributed by atoms with Crippen LogP contribution >= 0.6 is 0 Å². The number of benzene rings is 2. The monoisotopic (exact) mass is 463 g/mol. The van der Waals surface area contributed by atoms with Crippen molar-refractivity contribution < 1.29 is 23.8 Å². The van der Waals surface area contributed by atoms with Gasteiger partial charge < -0.3 is 24.2 Å². The van der Waals surface area contributed by atoms with E-state index in [-0.39, 0.29) is 17.9 Å². The molecule has 9 nitrogen and oxygen atoms in total. The maximum Gasteiger partial charge on any atom is 0.513 e. The van der Waals surface area contributed by atoms with E-state index < -0.39 is 17.8 Å². The number of pyridine rings is 1. The van der Waals surface area contributed by atoms with Crippen molar-refractivity contribution in [1.29, 1.82) is 0 Å². The molecule has 176 valence electrons. The normalized spacial score (nSPS) is 11.4. The van der Waals surface area contributed by atoms with Gasteiger partial charge in [0, 0.05) is 22.8 Å². The average molecular weight is 463 g/mol. The zero-order valence-electron chi connectivity index (χ0n) is 19.3. The molecular weight excluding hydrogens is 438 g/mol. The number of anilines is 1. The van der Waals surface area contributed by atoms with Crippen LogP contribution in [0.5, 0.6) is 5.75 Å². The van der Waals surface area contributed by atoms with Gasteiger partial charge in [-0.25, -0.2) is 9.59 Å². The quantitative estimate of drug-likeness (QED) is 0.341. The average Bonchev–Trinajstić information content (AvgIpc) is 3.17. The van der Waals surface area contributed by atoms with Gasteiger partial charge in [0.05, 0.1) is 12.0 Å². The summed E-state index contributed by atoms with van der Waals surface area (Å²) in [5, 5.41) is 3.89. The van der Waals surface area contributed by atoms with Crippen LogP contribution in [-0.4, -0.2) is 34.4 Å². The minimum absolute atomic E-state index is 0.172. The standard InChI is InChI=1S/C25H25N3O6/c1-5-32-24(31)33-19-13-26-21-20(19)17-12-15(8-11-18(17)28-22(21)29)14-6-9-16(10-7-14)27-23(30)34-25(2,3)4/h6-13,26H,5H2,1-4H3,(H,27,30)(H,28,29). The van der Waals surface area contributed by atoms with Gasteiger partial charge in [-0.3, -0.25) is 10.1 Å². The highest BCUT2D eigenvalue weighted by Gasteiger charge is 2.18. The van der Waals surface area contributed by atoms with Crippen molar-refractivity contribution in [2.75, 3.05) is 11.9 Å². The third kappa shape index (κ3) is 4.88. The largest absolute Gasteiger partial charge is 0.513 e. The molecule has 3 N–H and O–H groups in total. The number of aromatic amines is 2. The molecule has 0 atom stereocenters. The summed E-state index contributed by atoms with van der Waals surface area (Å²) in [6.07, 6.45) is 0.0834. The van der Waals surface area contributed by atoms with Crippen molar-refractivity contribution in [3.05, 3.63) is 59.0 Å². The van der Waals surface area contributed by atoms with E-state index in [1.165, 1.54) is 6.20 Å². The van der Waals surface area contributed by atoms with Crippen molar-refractivity contribution in [1.82, 2.24) is 9.97 Å². The summed E-state index contributed by atoms with van der Waals surface area (Å²) in [7, 11) is 0. The Morgan fingerprint density at radius 3 is 2.41 bits per heavy atom. The van der Waals surface area contributed by atoms with E-state index in [1.54, 1.807) is 45.9 Å². The Bertz CT molecular complexity index is 1430. The van der Waals surface area contributed by atoms with Gasteiger partial charge >= 0.3 is 12.2 Å². The molecule has 0 aliphatic heterocycles. The molecule has 4 aromatic rings. The lowest BCUT2D eigenvalue weighted by atomic mass is 10.0. The highest BCUT2D eigenvalue weighted by molar-refractivity contribution is 6.09. The van der Waals surface area contributed by atoms with E-state index in [9.17, 15) is 14.4 Å². The lowest BCUT2D eigenvalue weighted by Gasteiger charge is -2.19. The van der Waals surface area contributed by atoms with Crippen LogP contribution in [0.3, 0.4) is 0 Å². The summed E-state index contributed by atoms with van der Waals surface area (Å²) >= 11 is 0. The van der Waals surface area contributed by atoms with Crippen LogP contribution in [0.1, 0.15) is 27.7 Å². The molecule has 0 spiro atoms. The molecule has 0 saturated carbocycles. The first kappa shape index (κ1) is 22.9. The predicted molar refractivity (Wildman–Crippen MR) is 129 cm³/mol. The number of aromatic nitrogens is 2. The number of hydrogen-bond donors (Lipinski definition) is 3. The highest BCUT2D eigenvalue weighted by Crippen LogP contribution is 2.33. The number of carbonyl (C=O) groups is 2. The number of nitrogens with one attached hydrogen (secondary N) is 3. The van der Waals surface area contributed by atoms with Crippen LogP contribution in [0.4, 0.5) is 15.3 Å². The Hall–Kier alpha value is -4.27. The maximum atomic E-state index is 12.5. The summed E-state index contributed by atoms with van der Waals surface area (Å²) in [6.45, 7) is 7.25. The molecule has 2 heterocycles. The number of ether oxygens (including phenoxy) is 3. The number of fused-ring (bicyclic) bond motifs is 3. The molecule has 2 aromatic heterocycles. The van der Waals surface area contributed by atoms with Gasteiger partial charge in [-0.2, -0.15) is 0 Å². The van der Waals surface area contributed by atoms with Gasteiger partial charge in [-0.1, -0.05) is 18.2 Å². The molecule has 4 rings (SSSR count). The van der Waals surface area contributed by atoms with Crippen molar-refractivity contribution in [2.45, 2.75) is 33.3 Å². The Labute approximate surface area is 195 Å². The fourth-order valence-corrected chi connectivity index (χ4v) is 3.56. The summed E-state index contributed by atoms with van der Waals surface area (Å²) in [5.74, 6) is 0.207. The first-order chi connectivity index (χ1) is 16.1. The number of rotatable bonds is 4. The second-order valence-corrected chi connectivity index (χ2v) is 8.61. The van der Waals surface area contributed by atoms with Crippen LogP contribution in [-0.2, 0) is 9.47 Å². The van der Waals surface area contributed by atoms with E-state index in [0.717, 1.165) is 11.1 Å². The van der Waals surface area contributed by atoms with Gasteiger partial charge in [-0.05, 0) is 63.1 Å². The van der Waals surface area contributed by atoms with Crippen molar-refractivity contribution in [2.24, 2.45) is 0 Å². The molecule has 1 amide bonds. The molecule has 34 heavy (non-hydrogen) atoms. The molecule has 0 aliphatic carbocycles. The van der Waals surface area contributed by atoms with E-state index >= 15 is 0 Å². The lowest BCUT2D eigenvalue weighted by molar-refractivity contribution is 0.0635. The van der Waals surface area contributed by atoms with Gasteiger partial charge in [0.2, 0.25) is 0 Å². The first-order valence-corrected chi connectivity index (χ1v) is 10.8. The van der Waals surface area contributed by atoms with E-state index in [4.69, 9.17) is 14.2 Å². The summed E-state index contributed by atoms with van der Waals surface area (Å²) < 4.78 is 15.4. The van der Waals surface area contributed by atoms with E-state index in [2.05, 4.69) is 15.3 Å². The summed E-state index contributed by atoms with van der Waals surface area (Å²) in [4.78, 5) is 42.0. The Morgan fingerprint density at radius 1 is 1.03 bits per heavy atom. The number of carbonyl (C=O) groups excluding carboxylic acids is 2. The Morgan fingerprint density at radius 2 is 1.74 bits per heavy atom. The molecule has 0 radical (unpaired) electrons. The molecule has 0 fully saturated rings. The van der Waals surface area contributed by atoms with E-state index in [1.807, 2.05) is 24.3 Å². The zero-order chi connectivity index (χ0) is 24.5. The fraction of sp³-hybridized carbons (Fsp3) is 0.240. The Balaban J connectivity index is 1.69. The summed E-state index contributed by atoms with van der Waals surface area (Å²) in [6, 6.07) is 12.8. The minimum Gasteiger partial charge on any atom is -0.444 e. The maximum absolute atomic E-state index is 12.5. The first-order valence-electron chi connectivity index (χ1n) is 10.8. The molecule has 9 heteroatoms. The Kier molecular flexibility index (Phi) is 6.02. The molecule has 0 aliphatic rings. The smallest absolute Gasteiger partial charge is 0.444 e. The van der Waals surface area contributed by atoms with Crippen molar-refractivity contribution >= 4 is 39.7 Å². The number of hydrogen-bond acceptors (Lipinski definition) is 6. The van der Waals surface area contributed by atoms with Gasteiger partial charge in [0.15, 0.2) is 5.75 Å². The van der Waals surface area contributed by atoms with Gasteiger partial charge in [0.25, 0.3) is 5.56 Å². The second-order valence-electron chi connectivity index (χ2n) is 8.61. The van der Waals surface area contributed by atoms with Crippen molar-refractivity contribution in [3.63, 3.8) is 0 Å². The minimum atomic E-state index is -0.846. The summed E-state index contributed by atoms with van der Waals surface area (Å²) in [5.41, 5.74) is 2.33. The lowest BCUT2D eigenvalue weighted by Crippen LogP contribution is -2.27. The van der Waals surface area contributed by atoms with Crippen molar-refractivity contribution in [3.8, 4) is 16.9 Å². The zero-order valence-corrected chi connectivity index (χ0v) is 19.3. The van der Waals surface area contributed by atoms with Gasteiger partial charge in [0.1, 0.15) is 11.1 Å².